The lowest BCUT2D eigenvalue weighted by molar-refractivity contribution is -0.384. The van der Waals surface area contributed by atoms with Crippen molar-refractivity contribution in [1.82, 2.24) is 4.57 Å². The molecule has 0 N–H and O–H groups in total. The highest BCUT2D eigenvalue weighted by atomic mass is 35.5. The summed E-state index contributed by atoms with van der Waals surface area (Å²) in [6.45, 7) is 3.59. The molecule has 1 aromatic heterocycles. The molecule has 0 fully saturated rings. The summed E-state index contributed by atoms with van der Waals surface area (Å²) in [5.41, 5.74) is 1.30. The van der Waals surface area contributed by atoms with E-state index in [9.17, 15) is 19.7 Å². The van der Waals surface area contributed by atoms with Crippen LogP contribution in [0.4, 0.5) is 5.69 Å². The second-order valence-electron chi connectivity index (χ2n) is 6.02. The fourth-order valence-electron chi connectivity index (χ4n) is 2.79. The lowest BCUT2D eigenvalue weighted by Crippen LogP contribution is -2.23. The van der Waals surface area contributed by atoms with E-state index in [4.69, 9.17) is 16.3 Å². The highest BCUT2D eigenvalue weighted by Gasteiger charge is 2.16. The van der Waals surface area contributed by atoms with Crippen molar-refractivity contribution in [2.75, 3.05) is 6.61 Å². The molecule has 10 heteroatoms. The molecule has 1 heterocycles. The maximum absolute atomic E-state index is 12.6. The predicted molar refractivity (Wildman–Crippen MR) is 109 cm³/mol. The second kappa shape index (κ2) is 8.54. The van der Waals surface area contributed by atoms with Gasteiger partial charge in [-0.25, -0.2) is 0 Å². The smallest absolute Gasteiger partial charge is 0.326 e. The highest BCUT2D eigenvalue weighted by Crippen LogP contribution is 2.27. The van der Waals surface area contributed by atoms with Gasteiger partial charge in [-0.2, -0.15) is 4.99 Å². The Morgan fingerprint density at radius 3 is 2.76 bits per heavy atom. The topological polar surface area (TPSA) is 104 Å². The van der Waals surface area contributed by atoms with Crippen LogP contribution in [0.15, 0.2) is 41.4 Å². The SMILES string of the molecule is CCOC(=O)Cn1c(=NC(=O)c2cccc([N+](=O)[O-])c2)sc2ccc(Cl)c(C)c21. The van der Waals surface area contributed by atoms with E-state index in [1.807, 2.05) is 6.92 Å². The number of nitro groups is 1. The molecular formula is C19H16ClN3O5S. The van der Waals surface area contributed by atoms with E-state index in [1.54, 1.807) is 23.6 Å². The number of amides is 1. The van der Waals surface area contributed by atoms with E-state index in [2.05, 4.69) is 4.99 Å². The Morgan fingerprint density at radius 1 is 1.31 bits per heavy atom. The van der Waals surface area contributed by atoms with Crippen LogP contribution in [0.2, 0.25) is 5.02 Å². The number of aromatic nitrogens is 1. The molecule has 150 valence electrons. The van der Waals surface area contributed by atoms with Crippen LogP contribution >= 0.6 is 22.9 Å². The number of hydrogen-bond acceptors (Lipinski definition) is 6. The van der Waals surface area contributed by atoms with Gasteiger partial charge in [0.15, 0.2) is 4.80 Å². The van der Waals surface area contributed by atoms with Gasteiger partial charge >= 0.3 is 5.97 Å². The summed E-state index contributed by atoms with van der Waals surface area (Å²) in [6, 6.07) is 8.84. The first-order chi connectivity index (χ1) is 13.8. The van der Waals surface area contributed by atoms with Gasteiger partial charge in [0.2, 0.25) is 0 Å². The van der Waals surface area contributed by atoms with Crippen molar-refractivity contribution in [1.29, 1.82) is 0 Å². The summed E-state index contributed by atoms with van der Waals surface area (Å²) in [4.78, 5) is 39.5. The van der Waals surface area contributed by atoms with Crippen LogP contribution < -0.4 is 4.80 Å². The van der Waals surface area contributed by atoms with Crippen LogP contribution in [0, 0.1) is 17.0 Å². The van der Waals surface area contributed by atoms with Crippen LogP contribution in [0.1, 0.15) is 22.8 Å². The summed E-state index contributed by atoms with van der Waals surface area (Å²) in [5.74, 6) is -1.13. The lowest BCUT2D eigenvalue weighted by atomic mass is 10.2. The minimum absolute atomic E-state index is 0.0779. The Bertz CT molecular complexity index is 1200. The first-order valence-corrected chi connectivity index (χ1v) is 9.78. The molecule has 0 saturated carbocycles. The number of aryl methyl sites for hydroxylation is 1. The zero-order valence-corrected chi connectivity index (χ0v) is 17.1. The number of rotatable bonds is 5. The number of non-ortho nitro benzene ring substituents is 1. The van der Waals surface area contributed by atoms with Gasteiger partial charge in [0.1, 0.15) is 6.54 Å². The Kier molecular flexibility index (Phi) is 6.09. The van der Waals surface area contributed by atoms with Crippen LogP contribution in [0.25, 0.3) is 10.2 Å². The minimum Gasteiger partial charge on any atom is -0.465 e. The summed E-state index contributed by atoms with van der Waals surface area (Å²) < 4.78 is 7.40. The zero-order valence-electron chi connectivity index (χ0n) is 15.5. The van der Waals surface area contributed by atoms with Gasteiger partial charge in [-0.3, -0.25) is 19.7 Å². The Balaban J connectivity index is 2.16. The molecule has 29 heavy (non-hydrogen) atoms. The molecule has 0 aliphatic carbocycles. The van der Waals surface area contributed by atoms with Crippen LogP contribution in [0.3, 0.4) is 0 Å². The molecule has 2 aromatic carbocycles. The fourth-order valence-corrected chi connectivity index (χ4v) is 4.03. The molecule has 8 nitrogen and oxygen atoms in total. The average Bonchev–Trinajstić information content (AvgIpc) is 3.02. The van der Waals surface area contributed by atoms with Crippen molar-refractivity contribution in [3.8, 4) is 0 Å². The standard InChI is InChI=1S/C19H16ClN3O5S/c1-3-28-16(24)10-22-17-11(2)14(20)7-8-15(17)29-19(22)21-18(25)12-5-4-6-13(9-12)23(26)27/h4-9H,3,10H2,1-2H3. The van der Waals surface area contributed by atoms with E-state index >= 15 is 0 Å². The number of ether oxygens (including phenoxy) is 1. The first kappa shape index (κ1) is 20.7. The number of benzene rings is 2. The van der Waals surface area contributed by atoms with E-state index < -0.39 is 16.8 Å². The normalized spacial score (nSPS) is 11.6. The third kappa shape index (κ3) is 4.36. The molecule has 0 atom stereocenters. The third-order valence-corrected chi connectivity index (χ3v) is 5.58. The molecule has 0 spiro atoms. The number of carbonyl (C=O) groups excluding carboxylic acids is 2. The third-order valence-electron chi connectivity index (χ3n) is 4.12. The fraction of sp³-hybridized carbons (Fsp3) is 0.211. The number of thiazole rings is 1. The maximum Gasteiger partial charge on any atom is 0.326 e. The van der Waals surface area contributed by atoms with Crippen molar-refractivity contribution in [3.63, 3.8) is 0 Å². The molecular weight excluding hydrogens is 418 g/mol. The van der Waals surface area contributed by atoms with Gasteiger partial charge in [-0.05, 0) is 37.6 Å². The van der Waals surface area contributed by atoms with Crippen molar-refractivity contribution in [2.24, 2.45) is 4.99 Å². The van der Waals surface area contributed by atoms with Gasteiger partial charge < -0.3 is 9.30 Å². The van der Waals surface area contributed by atoms with Gasteiger partial charge in [0, 0.05) is 22.7 Å². The van der Waals surface area contributed by atoms with Crippen LogP contribution in [0.5, 0.6) is 0 Å². The van der Waals surface area contributed by atoms with Gasteiger partial charge in [0.25, 0.3) is 11.6 Å². The predicted octanol–water partition coefficient (Wildman–Crippen LogP) is 3.88. The van der Waals surface area contributed by atoms with Crippen molar-refractivity contribution >= 4 is 50.7 Å². The van der Waals surface area contributed by atoms with Crippen LogP contribution in [-0.4, -0.2) is 28.0 Å². The molecule has 0 aliphatic heterocycles. The molecule has 0 aliphatic rings. The first-order valence-electron chi connectivity index (χ1n) is 8.59. The van der Waals surface area contributed by atoms with E-state index in [0.29, 0.717) is 10.5 Å². The Labute approximate surface area is 174 Å². The highest BCUT2D eigenvalue weighted by molar-refractivity contribution is 7.16. The lowest BCUT2D eigenvalue weighted by Gasteiger charge is -2.08. The van der Waals surface area contributed by atoms with Crippen molar-refractivity contribution in [2.45, 2.75) is 20.4 Å². The maximum atomic E-state index is 12.6. The van der Waals surface area contributed by atoms with E-state index in [1.165, 1.54) is 29.5 Å². The van der Waals surface area contributed by atoms with E-state index in [0.717, 1.165) is 16.3 Å². The molecule has 3 rings (SSSR count). The molecule has 0 unspecified atom stereocenters. The number of nitro benzene ring substituents is 1. The zero-order chi connectivity index (χ0) is 21.1. The number of hydrogen-bond donors (Lipinski definition) is 0. The summed E-state index contributed by atoms with van der Waals surface area (Å²) in [5, 5.41) is 11.5. The molecule has 0 radical (unpaired) electrons. The minimum atomic E-state index is -0.651. The number of fused-ring (bicyclic) bond motifs is 1. The van der Waals surface area contributed by atoms with Gasteiger partial charge in [0.05, 0.1) is 21.7 Å². The summed E-state index contributed by atoms with van der Waals surface area (Å²) >= 11 is 7.44. The summed E-state index contributed by atoms with van der Waals surface area (Å²) in [6.07, 6.45) is 0. The molecule has 0 saturated heterocycles. The quantitative estimate of drug-likeness (QED) is 0.345. The largest absolute Gasteiger partial charge is 0.465 e. The number of carbonyl (C=O) groups is 2. The number of esters is 1. The van der Waals surface area contributed by atoms with Crippen LogP contribution in [-0.2, 0) is 16.1 Å². The number of halogens is 1. The number of nitrogens with zero attached hydrogens (tertiary/aromatic N) is 3. The Morgan fingerprint density at radius 2 is 2.07 bits per heavy atom. The molecule has 1 amide bonds. The van der Waals surface area contributed by atoms with E-state index in [-0.39, 0.29) is 29.2 Å². The molecule has 0 bridgehead atoms. The average molecular weight is 434 g/mol. The van der Waals surface area contributed by atoms with Gasteiger partial charge in [-0.1, -0.05) is 29.0 Å². The molecule has 3 aromatic rings. The monoisotopic (exact) mass is 433 g/mol. The van der Waals surface area contributed by atoms with Crippen molar-refractivity contribution < 1.29 is 19.2 Å². The van der Waals surface area contributed by atoms with Gasteiger partial charge in [-0.15, -0.1) is 0 Å². The second-order valence-corrected chi connectivity index (χ2v) is 7.44. The van der Waals surface area contributed by atoms with Crippen molar-refractivity contribution in [3.05, 3.63) is 67.5 Å². The summed E-state index contributed by atoms with van der Waals surface area (Å²) in [7, 11) is 0. The Hall–Kier alpha value is -3.04.